The summed E-state index contributed by atoms with van der Waals surface area (Å²) in [6, 6.07) is 14.2. The SMILES string of the molecule is Cc1cc(C)cc(COc2ccc(N3CCCC3=O)cc2)c1. The number of amides is 1. The highest BCUT2D eigenvalue weighted by Gasteiger charge is 2.21. The molecule has 1 amide bonds. The lowest BCUT2D eigenvalue weighted by atomic mass is 10.1. The number of nitrogens with zero attached hydrogens (tertiary/aromatic N) is 1. The van der Waals surface area contributed by atoms with Gasteiger partial charge in [0.1, 0.15) is 12.4 Å². The summed E-state index contributed by atoms with van der Waals surface area (Å²) in [6.07, 6.45) is 1.61. The van der Waals surface area contributed by atoms with Gasteiger partial charge >= 0.3 is 0 Å². The molecule has 0 N–H and O–H groups in total. The molecule has 1 aliphatic heterocycles. The molecule has 0 bridgehead atoms. The van der Waals surface area contributed by atoms with Crippen molar-refractivity contribution in [3.8, 4) is 5.75 Å². The number of carbonyl (C=O) groups excluding carboxylic acids is 1. The lowest BCUT2D eigenvalue weighted by molar-refractivity contribution is -0.117. The highest BCUT2D eigenvalue weighted by Crippen LogP contribution is 2.24. The fraction of sp³-hybridized carbons (Fsp3) is 0.316. The standard InChI is InChI=1S/C19H21NO2/c1-14-10-15(2)12-16(11-14)13-22-18-7-5-17(6-8-18)20-9-3-4-19(20)21/h5-8,10-12H,3-4,9,13H2,1-2H3. The van der Waals surface area contributed by atoms with Gasteiger partial charge in [-0.05, 0) is 50.1 Å². The fourth-order valence-corrected chi connectivity index (χ4v) is 2.96. The number of hydrogen-bond donors (Lipinski definition) is 0. The van der Waals surface area contributed by atoms with Crippen LogP contribution >= 0.6 is 0 Å². The van der Waals surface area contributed by atoms with Gasteiger partial charge in [-0.2, -0.15) is 0 Å². The first-order chi connectivity index (χ1) is 10.6. The Labute approximate surface area is 131 Å². The Bertz CT molecular complexity index is 656. The van der Waals surface area contributed by atoms with Crippen molar-refractivity contribution in [1.82, 2.24) is 0 Å². The van der Waals surface area contributed by atoms with Crippen LogP contribution in [0.15, 0.2) is 42.5 Å². The van der Waals surface area contributed by atoms with Gasteiger partial charge in [0.15, 0.2) is 0 Å². The Morgan fingerprint density at radius 3 is 2.32 bits per heavy atom. The topological polar surface area (TPSA) is 29.5 Å². The largest absolute Gasteiger partial charge is 0.489 e. The number of rotatable bonds is 4. The average molecular weight is 295 g/mol. The van der Waals surface area contributed by atoms with Gasteiger partial charge in [-0.15, -0.1) is 0 Å². The molecule has 0 atom stereocenters. The molecule has 3 nitrogen and oxygen atoms in total. The van der Waals surface area contributed by atoms with Gasteiger partial charge < -0.3 is 9.64 Å². The van der Waals surface area contributed by atoms with Crippen molar-refractivity contribution in [2.75, 3.05) is 11.4 Å². The van der Waals surface area contributed by atoms with Crippen LogP contribution in [0.5, 0.6) is 5.75 Å². The van der Waals surface area contributed by atoms with Crippen LogP contribution in [0.3, 0.4) is 0 Å². The maximum Gasteiger partial charge on any atom is 0.227 e. The van der Waals surface area contributed by atoms with Gasteiger partial charge in [-0.3, -0.25) is 4.79 Å². The van der Waals surface area contributed by atoms with Crippen molar-refractivity contribution in [2.45, 2.75) is 33.3 Å². The van der Waals surface area contributed by atoms with Gasteiger partial charge in [0.2, 0.25) is 5.91 Å². The normalized spacial score (nSPS) is 14.5. The molecule has 3 heteroatoms. The minimum Gasteiger partial charge on any atom is -0.489 e. The van der Waals surface area contributed by atoms with Crippen LogP contribution in [0, 0.1) is 13.8 Å². The molecule has 0 aliphatic carbocycles. The summed E-state index contributed by atoms with van der Waals surface area (Å²) >= 11 is 0. The smallest absolute Gasteiger partial charge is 0.227 e. The van der Waals surface area contributed by atoms with E-state index in [2.05, 4.69) is 32.0 Å². The first kappa shape index (κ1) is 14.6. The number of aryl methyl sites for hydroxylation is 2. The van der Waals surface area contributed by atoms with E-state index >= 15 is 0 Å². The predicted molar refractivity (Wildman–Crippen MR) is 88.3 cm³/mol. The monoisotopic (exact) mass is 295 g/mol. The average Bonchev–Trinajstić information content (AvgIpc) is 2.91. The van der Waals surface area contributed by atoms with E-state index in [1.807, 2.05) is 29.2 Å². The van der Waals surface area contributed by atoms with E-state index in [0.29, 0.717) is 13.0 Å². The zero-order chi connectivity index (χ0) is 15.5. The minimum atomic E-state index is 0.212. The second kappa shape index (κ2) is 6.22. The molecule has 1 heterocycles. The summed E-state index contributed by atoms with van der Waals surface area (Å²) < 4.78 is 5.84. The van der Waals surface area contributed by atoms with E-state index in [4.69, 9.17) is 4.74 Å². The molecule has 0 unspecified atom stereocenters. The molecule has 114 valence electrons. The maximum absolute atomic E-state index is 11.7. The van der Waals surface area contributed by atoms with E-state index < -0.39 is 0 Å². The fourth-order valence-electron chi connectivity index (χ4n) is 2.96. The van der Waals surface area contributed by atoms with Crippen molar-refractivity contribution in [3.63, 3.8) is 0 Å². The third kappa shape index (κ3) is 3.30. The third-order valence-electron chi connectivity index (χ3n) is 3.91. The maximum atomic E-state index is 11.7. The van der Waals surface area contributed by atoms with Crippen molar-refractivity contribution >= 4 is 11.6 Å². The van der Waals surface area contributed by atoms with Gasteiger partial charge in [-0.1, -0.05) is 29.3 Å². The zero-order valence-electron chi connectivity index (χ0n) is 13.1. The van der Waals surface area contributed by atoms with E-state index in [9.17, 15) is 4.79 Å². The van der Waals surface area contributed by atoms with Crippen molar-refractivity contribution in [2.24, 2.45) is 0 Å². The minimum absolute atomic E-state index is 0.212. The first-order valence-corrected chi connectivity index (χ1v) is 7.72. The third-order valence-corrected chi connectivity index (χ3v) is 3.91. The number of carbonyl (C=O) groups is 1. The zero-order valence-corrected chi connectivity index (χ0v) is 13.1. The van der Waals surface area contributed by atoms with Crippen molar-refractivity contribution in [1.29, 1.82) is 0 Å². The summed E-state index contributed by atoms with van der Waals surface area (Å²) in [5, 5.41) is 0. The summed E-state index contributed by atoms with van der Waals surface area (Å²) in [6.45, 7) is 5.57. The first-order valence-electron chi connectivity index (χ1n) is 7.72. The Morgan fingerprint density at radius 1 is 1.05 bits per heavy atom. The van der Waals surface area contributed by atoms with Gasteiger partial charge in [-0.25, -0.2) is 0 Å². The highest BCUT2D eigenvalue weighted by molar-refractivity contribution is 5.95. The lowest BCUT2D eigenvalue weighted by Gasteiger charge is -2.16. The molecule has 0 saturated carbocycles. The van der Waals surface area contributed by atoms with Crippen LogP contribution in [-0.4, -0.2) is 12.5 Å². The Hall–Kier alpha value is -2.29. The molecule has 3 rings (SSSR count). The molecule has 0 spiro atoms. The van der Waals surface area contributed by atoms with Gasteiger partial charge in [0.05, 0.1) is 0 Å². The molecule has 1 saturated heterocycles. The molecule has 0 aromatic heterocycles. The Balaban J connectivity index is 1.65. The number of hydrogen-bond acceptors (Lipinski definition) is 2. The van der Waals surface area contributed by atoms with Crippen molar-refractivity contribution < 1.29 is 9.53 Å². The van der Waals surface area contributed by atoms with Crippen LogP contribution in [-0.2, 0) is 11.4 Å². The summed E-state index contributed by atoms with van der Waals surface area (Å²) in [4.78, 5) is 13.6. The quantitative estimate of drug-likeness (QED) is 0.853. The number of benzene rings is 2. The van der Waals surface area contributed by atoms with E-state index in [-0.39, 0.29) is 5.91 Å². The molecule has 2 aromatic carbocycles. The molecular weight excluding hydrogens is 274 g/mol. The van der Waals surface area contributed by atoms with Crippen LogP contribution in [0.25, 0.3) is 0 Å². The van der Waals surface area contributed by atoms with Crippen molar-refractivity contribution in [3.05, 3.63) is 59.2 Å². The van der Waals surface area contributed by atoms with Crippen LogP contribution in [0.4, 0.5) is 5.69 Å². The summed E-state index contributed by atoms with van der Waals surface area (Å²) in [5.41, 5.74) is 4.64. The molecule has 2 aromatic rings. The Kier molecular flexibility index (Phi) is 4.14. The molecule has 22 heavy (non-hydrogen) atoms. The second-order valence-electron chi connectivity index (χ2n) is 5.93. The van der Waals surface area contributed by atoms with E-state index in [1.54, 1.807) is 0 Å². The second-order valence-corrected chi connectivity index (χ2v) is 5.93. The summed E-state index contributed by atoms with van der Waals surface area (Å²) in [5.74, 6) is 1.04. The van der Waals surface area contributed by atoms with Crippen LogP contribution in [0.2, 0.25) is 0 Å². The van der Waals surface area contributed by atoms with Gasteiger partial charge in [0, 0.05) is 18.7 Å². The molecule has 1 fully saturated rings. The number of ether oxygens (including phenoxy) is 1. The molecule has 0 radical (unpaired) electrons. The molecular formula is C19H21NO2. The van der Waals surface area contributed by atoms with Crippen LogP contribution in [0.1, 0.15) is 29.5 Å². The number of anilines is 1. The summed E-state index contributed by atoms with van der Waals surface area (Å²) in [7, 11) is 0. The predicted octanol–water partition coefficient (Wildman–Crippen LogP) is 4.01. The van der Waals surface area contributed by atoms with E-state index in [1.165, 1.54) is 16.7 Å². The van der Waals surface area contributed by atoms with Gasteiger partial charge in [0.25, 0.3) is 0 Å². The van der Waals surface area contributed by atoms with E-state index in [0.717, 1.165) is 24.4 Å². The lowest BCUT2D eigenvalue weighted by Crippen LogP contribution is -2.23. The highest BCUT2D eigenvalue weighted by atomic mass is 16.5. The van der Waals surface area contributed by atoms with Crippen LogP contribution < -0.4 is 9.64 Å². The molecule has 1 aliphatic rings. The Morgan fingerprint density at radius 2 is 1.73 bits per heavy atom.